The molecule has 3 aliphatic heterocycles. The Labute approximate surface area is 132 Å². The van der Waals surface area contributed by atoms with E-state index in [1.54, 1.807) is 11.3 Å². The van der Waals surface area contributed by atoms with Crippen LogP contribution in [0.3, 0.4) is 0 Å². The Morgan fingerprint density at radius 1 is 1.36 bits per heavy atom. The van der Waals surface area contributed by atoms with Crippen LogP contribution < -0.4 is 5.73 Å². The summed E-state index contributed by atoms with van der Waals surface area (Å²) in [7, 11) is 0. The maximum atomic E-state index is 6.14. The van der Waals surface area contributed by atoms with Crippen LogP contribution >= 0.6 is 11.3 Å². The van der Waals surface area contributed by atoms with Crippen molar-refractivity contribution in [2.75, 3.05) is 19.6 Å². The van der Waals surface area contributed by atoms with Crippen LogP contribution in [0.2, 0.25) is 0 Å². The SMILES string of the molecule is NC1=NC(c2nc3ccccc3s2)C2(CN3CCCC2C3)O1. The number of para-hydroxylation sites is 1. The van der Waals surface area contributed by atoms with Crippen LogP contribution in [0, 0.1) is 5.92 Å². The highest BCUT2D eigenvalue weighted by atomic mass is 32.1. The van der Waals surface area contributed by atoms with Crippen molar-refractivity contribution in [2.45, 2.75) is 24.5 Å². The molecule has 1 aromatic carbocycles. The highest BCUT2D eigenvalue weighted by Gasteiger charge is 2.59. The van der Waals surface area contributed by atoms with Gasteiger partial charge in [0.25, 0.3) is 6.02 Å². The van der Waals surface area contributed by atoms with Crippen LogP contribution in [0.5, 0.6) is 0 Å². The molecule has 5 rings (SSSR count). The van der Waals surface area contributed by atoms with E-state index < -0.39 is 0 Å². The molecule has 2 saturated heterocycles. The van der Waals surface area contributed by atoms with E-state index in [9.17, 15) is 0 Å². The summed E-state index contributed by atoms with van der Waals surface area (Å²) in [6.07, 6.45) is 2.43. The lowest BCUT2D eigenvalue weighted by atomic mass is 9.82. The van der Waals surface area contributed by atoms with E-state index in [1.807, 2.05) is 6.07 Å². The average Bonchev–Trinajstić information content (AvgIpc) is 3.15. The van der Waals surface area contributed by atoms with Crippen molar-refractivity contribution in [1.29, 1.82) is 0 Å². The Morgan fingerprint density at radius 3 is 3.14 bits per heavy atom. The first-order valence-electron chi connectivity index (χ1n) is 7.85. The van der Waals surface area contributed by atoms with Crippen molar-refractivity contribution in [3.05, 3.63) is 29.3 Å². The molecule has 3 aliphatic rings. The zero-order chi connectivity index (χ0) is 14.7. The number of rotatable bonds is 1. The first-order valence-corrected chi connectivity index (χ1v) is 8.66. The number of thiazole rings is 1. The third-order valence-electron chi connectivity index (χ3n) is 5.23. The number of hydrogen-bond acceptors (Lipinski definition) is 6. The van der Waals surface area contributed by atoms with Crippen molar-refractivity contribution < 1.29 is 4.74 Å². The summed E-state index contributed by atoms with van der Waals surface area (Å²) >= 11 is 1.72. The molecule has 114 valence electrons. The molecule has 0 radical (unpaired) electrons. The fraction of sp³-hybridized carbons (Fsp3) is 0.500. The van der Waals surface area contributed by atoms with Crippen LogP contribution in [0.15, 0.2) is 29.3 Å². The van der Waals surface area contributed by atoms with Crippen LogP contribution in [-0.4, -0.2) is 41.1 Å². The smallest absolute Gasteiger partial charge is 0.283 e. The Kier molecular flexibility index (Phi) is 2.58. The molecular formula is C16H18N4OS. The van der Waals surface area contributed by atoms with Gasteiger partial charge < -0.3 is 10.5 Å². The third kappa shape index (κ3) is 1.68. The molecule has 5 nitrogen and oxygen atoms in total. The van der Waals surface area contributed by atoms with Crippen LogP contribution in [0.4, 0.5) is 0 Å². The number of aromatic nitrogens is 1. The van der Waals surface area contributed by atoms with Gasteiger partial charge in [-0.15, -0.1) is 11.3 Å². The molecule has 2 aromatic rings. The Hall–Kier alpha value is -1.66. The number of amidine groups is 1. The summed E-state index contributed by atoms with van der Waals surface area (Å²) in [5.74, 6) is 0.503. The standard InChI is InChI=1S/C16H18N4OS/c17-15-19-13(14-18-11-5-1-2-6-12(11)22-14)16(21-15)9-20-7-3-4-10(16)8-20/h1-2,5-6,10,13H,3-4,7-9H2,(H2,17,19). The Bertz CT molecular complexity index is 739. The molecule has 2 N–H and O–H groups in total. The molecule has 2 bridgehead atoms. The number of piperidine rings is 1. The second-order valence-corrected chi connectivity index (χ2v) is 7.58. The molecule has 22 heavy (non-hydrogen) atoms. The number of fused-ring (bicyclic) bond motifs is 4. The molecule has 1 spiro atoms. The molecule has 2 fully saturated rings. The van der Waals surface area contributed by atoms with Gasteiger partial charge in [0.2, 0.25) is 0 Å². The summed E-state index contributed by atoms with van der Waals surface area (Å²) in [5, 5.41) is 1.04. The highest BCUT2D eigenvalue weighted by molar-refractivity contribution is 7.18. The number of hydrogen-bond donors (Lipinski definition) is 1. The molecule has 4 heterocycles. The van der Waals surface area contributed by atoms with Crippen molar-refractivity contribution in [2.24, 2.45) is 16.6 Å². The molecule has 0 saturated carbocycles. The molecule has 4 unspecified atom stereocenters. The molecule has 1 aromatic heterocycles. The molecule has 4 atom stereocenters. The molecule has 6 heteroatoms. The summed E-state index contributed by atoms with van der Waals surface area (Å²) in [4.78, 5) is 12.0. The van der Waals surface area contributed by atoms with Gasteiger partial charge in [0.05, 0.1) is 10.2 Å². The van der Waals surface area contributed by atoms with Gasteiger partial charge in [0, 0.05) is 19.0 Å². The minimum atomic E-state index is -0.297. The highest BCUT2D eigenvalue weighted by Crippen LogP contribution is 2.51. The van der Waals surface area contributed by atoms with Gasteiger partial charge in [0.15, 0.2) is 5.60 Å². The maximum absolute atomic E-state index is 6.14. The van der Waals surface area contributed by atoms with E-state index in [0.29, 0.717) is 11.9 Å². The van der Waals surface area contributed by atoms with E-state index in [4.69, 9.17) is 15.5 Å². The Balaban J connectivity index is 1.62. The number of nitrogens with two attached hydrogens (primary N) is 1. The second kappa shape index (κ2) is 4.43. The molecule has 0 aliphatic carbocycles. The number of aliphatic imine (C=N–C) groups is 1. The second-order valence-electron chi connectivity index (χ2n) is 6.52. The summed E-state index contributed by atoms with van der Waals surface area (Å²) in [5.41, 5.74) is 6.72. The summed E-state index contributed by atoms with van der Waals surface area (Å²) in [6, 6.07) is 8.52. The van der Waals surface area contributed by atoms with Crippen LogP contribution in [0.25, 0.3) is 10.2 Å². The number of nitrogens with zero attached hydrogens (tertiary/aromatic N) is 3. The predicted molar refractivity (Wildman–Crippen MR) is 87.0 cm³/mol. The predicted octanol–water partition coefficient (Wildman–Crippen LogP) is 2.15. The zero-order valence-corrected chi connectivity index (χ0v) is 13.1. The normalized spacial score (nSPS) is 36.7. The van der Waals surface area contributed by atoms with Gasteiger partial charge >= 0.3 is 0 Å². The van der Waals surface area contributed by atoms with Gasteiger partial charge in [-0.05, 0) is 31.5 Å². The van der Waals surface area contributed by atoms with E-state index in [0.717, 1.165) is 30.2 Å². The van der Waals surface area contributed by atoms with Crippen molar-refractivity contribution >= 4 is 27.6 Å². The van der Waals surface area contributed by atoms with E-state index in [1.165, 1.54) is 17.5 Å². The van der Waals surface area contributed by atoms with E-state index in [2.05, 4.69) is 28.1 Å². The quantitative estimate of drug-likeness (QED) is 0.876. The lowest BCUT2D eigenvalue weighted by molar-refractivity contribution is 0.0271. The van der Waals surface area contributed by atoms with Crippen LogP contribution in [-0.2, 0) is 4.74 Å². The molecular weight excluding hydrogens is 296 g/mol. The van der Waals surface area contributed by atoms with E-state index in [-0.39, 0.29) is 11.6 Å². The first-order chi connectivity index (χ1) is 10.7. The third-order valence-corrected chi connectivity index (χ3v) is 6.31. The van der Waals surface area contributed by atoms with Gasteiger partial charge in [-0.2, -0.15) is 0 Å². The van der Waals surface area contributed by atoms with Gasteiger partial charge in [0.1, 0.15) is 11.0 Å². The van der Waals surface area contributed by atoms with Gasteiger partial charge in [-0.1, -0.05) is 12.1 Å². The maximum Gasteiger partial charge on any atom is 0.283 e. The largest absolute Gasteiger partial charge is 0.454 e. The lowest BCUT2D eigenvalue weighted by Crippen LogP contribution is -2.43. The first kappa shape index (κ1) is 12.8. The Morgan fingerprint density at radius 2 is 2.27 bits per heavy atom. The van der Waals surface area contributed by atoms with Gasteiger partial charge in [-0.25, -0.2) is 9.98 Å². The van der Waals surface area contributed by atoms with Crippen LogP contribution in [0.1, 0.15) is 23.9 Å². The van der Waals surface area contributed by atoms with Gasteiger partial charge in [-0.3, -0.25) is 4.90 Å². The lowest BCUT2D eigenvalue weighted by Gasteiger charge is -2.32. The fourth-order valence-corrected chi connectivity index (χ4v) is 5.38. The fourth-order valence-electron chi connectivity index (χ4n) is 4.29. The topological polar surface area (TPSA) is 63.7 Å². The minimum Gasteiger partial charge on any atom is -0.454 e. The van der Waals surface area contributed by atoms with Crippen molar-refractivity contribution in [3.63, 3.8) is 0 Å². The number of ether oxygens (including phenoxy) is 1. The monoisotopic (exact) mass is 314 g/mol. The zero-order valence-electron chi connectivity index (χ0n) is 12.2. The summed E-state index contributed by atoms with van der Waals surface area (Å²) in [6.45, 7) is 3.18. The minimum absolute atomic E-state index is 0.0574. The average molecular weight is 314 g/mol. The summed E-state index contributed by atoms with van der Waals surface area (Å²) < 4.78 is 7.34. The van der Waals surface area contributed by atoms with E-state index >= 15 is 0 Å². The van der Waals surface area contributed by atoms with Crippen molar-refractivity contribution in [1.82, 2.24) is 9.88 Å². The number of benzene rings is 1. The van der Waals surface area contributed by atoms with Crippen molar-refractivity contribution in [3.8, 4) is 0 Å². The molecule has 0 amide bonds.